The van der Waals surface area contributed by atoms with Gasteiger partial charge in [-0.3, -0.25) is 9.69 Å². The number of hydrogen-bond donors (Lipinski definition) is 2. The summed E-state index contributed by atoms with van der Waals surface area (Å²) in [6, 6.07) is -0.257. The van der Waals surface area contributed by atoms with Gasteiger partial charge in [-0.2, -0.15) is 0 Å². The van der Waals surface area contributed by atoms with Crippen molar-refractivity contribution < 1.29 is 14.5 Å². The Labute approximate surface area is 91.0 Å². The summed E-state index contributed by atoms with van der Waals surface area (Å²) in [6.07, 6.45) is 2.74. The highest BCUT2D eigenvalue weighted by Gasteiger charge is 2.38. The van der Waals surface area contributed by atoms with Crippen LogP contribution in [-0.2, 0) is 9.59 Å². The van der Waals surface area contributed by atoms with Crippen LogP contribution in [-0.4, -0.2) is 37.9 Å². The molecule has 1 fully saturated rings. The number of hydrogen-bond acceptors (Lipinski definition) is 3. The number of aldehydes is 1. The van der Waals surface area contributed by atoms with E-state index in [4.69, 9.17) is 0 Å². The van der Waals surface area contributed by atoms with E-state index < -0.39 is 0 Å². The van der Waals surface area contributed by atoms with Crippen molar-refractivity contribution in [2.45, 2.75) is 38.8 Å². The number of amides is 1. The predicted octanol–water partition coefficient (Wildman–Crippen LogP) is -0.997. The number of likely N-dealkylation sites (N-methyl/N-ethyl adjacent to an activating group) is 1. The Hall–Kier alpha value is -0.740. The first-order valence-corrected chi connectivity index (χ1v) is 5.64. The van der Waals surface area contributed by atoms with Crippen molar-refractivity contribution in [2.75, 3.05) is 13.6 Å². The predicted molar refractivity (Wildman–Crippen MR) is 57.6 cm³/mol. The lowest BCUT2D eigenvalue weighted by Crippen LogP contribution is -3.18. The molecule has 0 saturated carbocycles. The fourth-order valence-corrected chi connectivity index (χ4v) is 2.30. The van der Waals surface area contributed by atoms with Crippen LogP contribution in [0.2, 0.25) is 0 Å². The number of rotatable bonds is 4. The summed E-state index contributed by atoms with van der Waals surface area (Å²) in [5, 5.41) is 3.04. The molecular formula is C11H21N2O2+. The number of nitrogens with one attached hydrogen (secondary N) is 2. The molecule has 1 saturated heterocycles. The van der Waals surface area contributed by atoms with Gasteiger partial charge in [0.15, 0.2) is 12.3 Å². The van der Waals surface area contributed by atoms with Crippen LogP contribution in [0.25, 0.3) is 0 Å². The summed E-state index contributed by atoms with van der Waals surface area (Å²) >= 11 is 0. The van der Waals surface area contributed by atoms with Crippen LogP contribution in [0.3, 0.4) is 0 Å². The molecule has 1 aliphatic rings. The minimum atomic E-state index is -0.138. The topological polar surface area (TPSA) is 50.6 Å². The molecule has 15 heavy (non-hydrogen) atoms. The first kappa shape index (κ1) is 12.3. The molecule has 1 aliphatic heterocycles. The first-order chi connectivity index (χ1) is 7.11. The van der Waals surface area contributed by atoms with Crippen molar-refractivity contribution in [3.05, 3.63) is 0 Å². The van der Waals surface area contributed by atoms with Crippen LogP contribution in [0.4, 0.5) is 0 Å². The molecule has 1 unspecified atom stereocenters. The molecule has 0 radical (unpaired) electrons. The molecule has 4 heteroatoms. The van der Waals surface area contributed by atoms with Gasteiger partial charge in [-0.05, 0) is 13.0 Å². The first-order valence-electron chi connectivity index (χ1n) is 5.64. The molecular weight excluding hydrogens is 192 g/mol. The van der Waals surface area contributed by atoms with Gasteiger partial charge in [-0.15, -0.1) is 0 Å². The van der Waals surface area contributed by atoms with Gasteiger partial charge in [0.25, 0.3) is 0 Å². The van der Waals surface area contributed by atoms with Gasteiger partial charge < -0.3 is 5.32 Å². The van der Waals surface area contributed by atoms with E-state index in [1.807, 2.05) is 13.8 Å². The summed E-state index contributed by atoms with van der Waals surface area (Å²) in [7, 11) is 1.80. The highest BCUT2D eigenvalue weighted by Crippen LogP contribution is 2.03. The largest absolute Gasteiger partial charge is 0.329 e. The zero-order valence-corrected chi connectivity index (χ0v) is 9.75. The fourth-order valence-electron chi connectivity index (χ4n) is 2.30. The molecule has 3 atom stereocenters. The number of quaternary nitrogens is 1. The third-order valence-electron chi connectivity index (χ3n) is 3.15. The lowest BCUT2D eigenvalue weighted by Gasteiger charge is -2.23. The Morgan fingerprint density at radius 3 is 2.67 bits per heavy atom. The van der Waals surface area contributed by atoms with E-state index in [9.17, 15) is 9.59 Å². The van der Waals surface area contributed by atoms with Gasteiger partial charge in [0, 0.05) is 12.8 Å². The van der Waals surface area contributed by atoms with Crippen molar-refractivity contribution in [2.24, 2.45) is 5.92 Å². The standard InChI is InChI=1S/C11H20N2O2/c1-8(2)10(12-3)11(15)13-6-4-5-9(13)7-14/h7-10,12H,4-6H2,1-3H3/p+1/t9-,10-/m0/s1. The Balaban J connectivity index is 2.69. The average Bonchev–Trinajstić information content (AvgIpc) is 2.65. The minimum absolute atomic E-state index is 0.118. The van der Waals surface area contributed by atoms with E-state index in [-0.39, 0.29) is 23.9 Å². The smallest absolute Gasteiger partial charge is 0.305 e. The quantitative estimate of drug-likeness (QED) is 0.589. The van der Waals surface area contributed by atoms with Crippen LogP contribution in [0, 0.1) is 5.92 Å². The Bertz CT molecular complexity index is 241. The highest BCUT2D eigenvalue weighted by atomic mass is 16.2. The third kappa shape index (κ3) is 2.63. The molecule has 0 aromatic rings. The number of carbonyl (C=O) groups is 2. The maximum absolute atomic E-state index is 12.1. The molecule has 1 heterocycles. The van der Waals surface area contributed by atoms with Crippen LogP contribution in [0.15, 0.2) is 0 Å². The Morgan fingerprint density at radius 2 is 2.20 bits per heavy atom. The molecule has 1 amide bonds. The van der Waals surface area contributed by atoms with E-state index in [0.717, 1.165) is 30.6 Å². The lowest BCUT2D eigenvalue weighted by molar-refractivity contribution is -0.823. The molecule has 86 valence electrons. The summed E-state index contributed by atoms with van der Waals surface area (Å²) in [4.78, 5) is 23.8. The normalized spacial score (nSPS) is 28.0. The van der Waals surface area contributed by atoms with Crippen LogP contribution in [0.1, 0.15) is 26.7 Å². The monoisotopic (exact) mass is 213 g/mol. The van der Waals surface area contributed by atoms with Crippen molar-refractivity contribution >= 4 is 12.2 Å². The van der Waals surface area contributed by atoms with Gasteiger partial charge in [-0.25, -0.2) is 4.79 Å². The Morgan fingerprint density at radius 1 is 1.53 bits per heavy atom. The molecule has 0 aromatic heterocycles. The maximum Gasteiger partial charge on any atom is 0.329 e. The molecule has 0 aromatic carbocycles. The second-order valence-corrected chi connectivity index (χ2v) is 4.53. The molecule has 0 aliphatic carbocycles. The zero-order valence-electron chi connectivity index (χ0n) is 9.75. The molecule has 2 N–H and O–H groups in total. The van der Waals surface area contributed by atoms with Gasteiger partial charge in [-0.1, -0.05) is 13.8 Å². The number of likely N-dealkylation sites (tertiary alicyclic amines) is 1. The summed E-state index contributed by atoms with van der Waals surface area (Å²) in [5.41, 5.74) is 0. The number of carbonyl (C=O) groups excluding carboxylic acids is 2. The fraction of sp³-hybridized carbons (Fsp3) is 0.818. The molecule has 0 spiro atoms. The van der Waals surface area contributed by atoms with Gasteiger partial charge in [0.05, 0.1) is 6.54 Å². The molecule has 4 nitrogen and oxygen atoms in total. The molecule has 0 bridgehead atoms. The van der Waals surface area contributed by atoms with E-state index >= 15 is 0 Å². The van der Waals surface area contributed by atoms with Gasteiger partial charge >= 0.3 is 5.91 Å². The van der Waals surface area contributed by atoms with E-state index in [1.54, 1.807) is 7.05 Å². The van der Waals surface area contributed by atoms with Crippen molar-refractivity contribution in [3.63, 3.8) is 0 Å². The van der Waals surface area contributed by atoms with E-state index in [0.29, 0.717) is 0 Å². The zero-order chi connectivity index (χ0) is 11.4. The second-order valence-electron chi connectivity index (χ2n) is 4.53. The summed E-state index contributed by atoms with van der Waals surface area (Å²) in [5.74, 6) is 0.407. The summed E-state index contributed by atoms with van der Waals surface area (Å²) < 4.78 is 0. The average molecular weight is 213 g/mol. The van der Waals surface area contributed by atoms with Crippen molar-refractivity contribution in [3.8, 4) is 0 Å². The van der Waals surface area contributed by atoms with E-state index in [2.05, 4.69) is 5.32 Å². The summed E-state index contributed by atoms with van der Waals surface area (Å²) in [6.45, 7) is 4.84. The van der Waals surface area contributed by atoms with Gasteiger partial charge in [0.1, 0.15) is 6.04 Å². The van der Waals surface area contributed by atoms with Gasteiger partial charge in [0.2, 0.25) is 0 Å². The van der Waals surface area contributed by atoms with Crippen LogP contribution >= 0.6 is 0 Å². The lowest BCUT2D eigenvalue weighted by atomic mass is 10.0. The highest BCUT2D eigenvalue weighted by molar-refractivity contribution is 5.75. The van der Waals surface area contributed by atoms with Crippen LogP contribution in [0.5, 0.6) is 0 Å². The SMILES string of the molecule is CN[C@H](C(=O)[NH+]1CCC[C@H]1C=O)C(C)C. The van der Waals surface area contributed by atoms with E-state index in [1.165, 1.54) is 0 Å². The second kappa shape index (κ2) is 5.37. The Kier molecular flexibility index (Phi) is 4.42. The minimum Gasteiger partial charge on any atom is -0.305 e. The maximum atomic E-state index is 12.1. The van der Waals surface area contributed by atoms with Crippen molar-refractivity contribution in [1.29, 1.82) is 0 Å². The molecule has 1 rings (SSSR count). The van der Waals surface area contributed by atoms with Crippen LogP contribution < -0.4 is 10.2 Å². The van der Waals surface area contributed by atoms with Crippen molar-refractivity contribution in [1.82, 2.24) is 5.32 Å². The third-order valence-corrected chi connectivity index (χ3v) is 3.15.